The number of hydrogen-bond acceptors (Lipinski definition) is 3. The first kappa shape index (κ1) is 20.7. The Morgan fingerprint density at radius 3 is 1.86 bits per heavy atom. The van der Waals surface area contributed by atoms with Gasteiger partial charge in [0, 0.05) is 11.4 Å². The van der Waals surface area contributed by atoms with Gasteiger partial charge in [-0.25, -0.2) is 0 Å². The van der Waals surface area contributed by atoms with Gasteiger partial charge < -0.3 is 10.0 Å². The lowest BCUT2D eigenvalue weighted by Gasteiger charge is -2.28. The molecular weight excluding hydrogens is 362 g/mol. The average molecular weight is 392 g/mol. The van der Waals surface area contributed by atoms with Gasteiger partial charge in [-0.05, 0) is 41.9 Å². The van der Waals surface area contributed by atoms with Crippen molar-refractivity contribution in [1.82, 2.24) is 4.90 Å². The standard InChI is InChI=1S/C25H29NOS/c1-3-26(4-2)19-24(27)25(28-23-13-9-6-10-14-23)22-17-15-21(16-18-22)20-11-7-5-8-12-20/h5-18,24-25,27H,3-4,19H2,1-2H3. The smallest absolute Gasteiger partial charge is 0.0829 e. The number of aliphatic hydroxyl groups is 1. The van der Waals surface area contributed by atoms with Crippen molar-refractivity contribution >= 4 is 11.8 Å². The van der Waals surface area contributed by atoms with E-state index in [4.69, 9.17) is 0 Å². The molecule has 0 aliphatic heterocycles. The van der Waals surface area contributed by atoms with Gasteiger partial charge in [-0.2, -0.15) is 0 Å². The Labute approximate surface area is 173 Å². The molecule has 0 spiro atoms. The van der Waals surface area contributed by atoms with E-state index in [0.717, 1.165) is 18.7 Å². The van der Waals surface area contributed by atoms with Gasteiger partial charge in [-0.3, -0.25) is 0 Å². The minimum Gasteiger partial charge on any atom is -0.390 e. The summed E-state index contributed by atoms with van der Waals surface area (Å²) >= 11 is 1.74. The van der Waals surface area contributed by atoms with E-state index in [-0.39, 0.29) is 5.25 Å². The largest absolute Gasteiger partial charge is 0.390 e. The van der Waals surface area contributed by atoms with E-state index in [2.05, 4.69) is 91.5 Å². The number of likely N-dealkylation sites (N-methyl/N-ethyl adjacent to an activating group) is 1. The third-order valence-electron chi connectivity index (χ3n) is 5.04. The molecule has 0 saturated carbocycles. The molecule has 3 aromatic rings. The van der Waals surface area contributed by atoms with Gasteiger partial charge in [-0.15, -0.1) is 11.8 Å². The Bertz CT molecular complexity index is 816. The summed E-state index contributed by atoms with van der Waals surface area (Å²) in [5.74, 6) is 0. The second-order valence-corrected chi connectivity index (χ2v) is 8.11. The Balaban J connectivity index is 1.85. The maximum Gasteiger partial charge on any atom is 0.0829 e. The van der Waals surface area contributed by atoms with Gasteiger partial charge >= 0.3 is 0 Å². The summed E-state index contributed by atoms with van der Waals surface area (Å²) in [4.78, 5) is 3.46. The van der Waals surface area contributed by atoms with Crippen LogP contribution in [0.5, 0.6) is 0 Å². The zero-order chi connectivity index (χ0) is 19.8. The summed E-state index contributed by atoms with van der Waals surface area (Å²) in [6, 6.07) is 29.4. The molecule has 0 amide bonds. The Morgan fingerprint density at radius 1 is 0.750 bits per heavy atom. The van der Waals surface area contributed by atoms with E-state index in [9.17, 15) is 5.11 Å². The molecule has 0 heterocycles. The van der Waals surface area contributed by atoms with Gasteiger partial charge in [0.25, 0.3) is 0 Å². The van der Waals surface area contributed by atoms with Crippen LogP contribution in [0.3, 0.4) is 0 Å². The van der Waals surface area contributed by atoms with Crippen molar-refractivity contribution < 1.29 is 5.11 Å². The molecule has 3 heteroatoms. The van der Waals surface area contributed by atoms with E-state index in [1.54, 1.807) is 11.8 Å². The molecular formula is C25H29NOS. The third-order valence-corrected chi connectivity index (χ3v) is 6.43. The van der Waals surface area contributed by atoms with Crippen molar-refractivity contribution in [3.8, 4) is 11.1 Å². The highest BCUT2D eigenvalue weighted by Gasteiger charge is 2.24. The van der Waals surface area contributed by atoms with Crippen LogP contribution < -0.4 is 0 Å². The summed E-state index contributed by atoms with van der Waals surface area (Å²) in [7, 11) is 0. The molecule has 0 saturated heterocycles. The van der Waals surface area contributed by atoms with Crippen LogP contribution in [-0.2, 0) is 0 Å². The number of benzene rings is 3. The fourth-order valence-corrected chi connectivity index (χ4v) is 4.50. The molecule has 0 aliphatic rings. The predicted octanol–water partition coefficient (Wildman–Crippen LogP) is 5.89. The van der Waals surface area contributed by atoms with Crippen LogP contribution >= 0.6 is 11.8 Å². The molecule has 146 valence electrons. The van der Waals surface area contributed by atoms with Crippen molar-refractivity contribution in [3.05, 3.63) is 90.5 Å². The molecule has 3 aromatic carbocycles. The SMILES string of the molecule is CCN(CC)CC(O)C(Sc1ccccc1)c1ccc(-c2ccccc2)cc1. The average Bonchev–Trinajstić information content (AvgIpc) is 2.77. The molecule has 0 bridgehead atoms. The molecule has 3 rings (SSSR count). The molecule has 28 heavy (non-hydrogen) atoms. The molecule has 0 aromatic heterocycles. The normalized spacial score (nSPS) is 13.4. The van der Waals surface area contributed by atoms with Gasteiger partial charge in [-0.1, -0.05) is 86.6 Å². The third kappa shape index (κ3) is 5.48. The van der Waals surface area contributed by atoms with Crippen molar-refractivity contribution in [2.75, 3.05) is 19.6 Å². The van der Waals surface area contributed by atoms with E-state index < -0.39 is 6.10 Å². The van der Waals surface area contributed by atoms with E-state index in [1.807, 2.05) is 12.1 Å². The van der Waals surface area contributed by atoms with E-state index >= 15 is 0 Å². The van der Waals surface area contributed by atoms with Gasteiger partial charge in [0.1, 0.15) is 0 Å². The molecule has 0 fully saturated rings. The molecule has 2 atom stereocenters. The second kappa shape index (κ2) is 10.5. The first-order chi connectivity index (χ1) is 13.7. The number of thioether (sulfide) groups is 1. The van der Waals surface area contributed by atoms with Crippen LogP contribution in [-0.4, -0.2) is 35.7 Å². The fourth-order valence-electron chi connectivity index (χ4n) is 3.35. The number of hydrogen-bond donors (Lipinski definition) is 1. The molecule has 2 nitrogen and oxygen atoms in total. The zero-order valence-electron chi connectivity index (χ0n) is 16.7. The van der Waals surface area contributed by atoms with Crippen molar-refractivity contribution in [1.29, 1.82) is 0 Å². The van der Waals surface area contributed by atoms with Crippen LogP contribution in [0.4, 0.5) is 0 Å². The summed E-state index contributed by atoms with van der Waals surface area (Å²) < 4.78 is 0. The highest BCUT2D eigenvalue weighted by atomic mass is 32.2. The predicted molar refractivity (Wildman–Crippen MR) is 121 cm³/mol. The lowest BCUT2D eigenvalue weighted by atomic mass is 10.0. The van der Waals surface area contributed by atoms with Crippen LogP contribution in [0, 0.1) is 0 Å². The Hall–Kier alpha value is -2.07. The highest BCUT2D eigenvalue weighted by Crippen LogP contribution is 2.38. The van der Waals surface area contributed by atoms with Crippen molar-refractivity contribution in [2.45, 2.75) is 30.1 Å². The van der Waals surface area contributed by atoms with Crippen LogP contribution in [0.15, 0.2) is 89.8 Å². The molecule has 2 unspecified atom stereocenters. The first-order valence-electron chi connectivity index (χ1n) is 9.98. The number of rotatable bonds is 9. The summed E-state index contributed by atoms with van der Waals surface area (Å²) in [5.41, 5.74) is 3.57. The topological polar surface area (TPSA) is 23.5 Å². The molecule has 0 aliphatic carbocycles. The second-order valence-electron chi connectivity index (χ2n) is 6.89. The monoisotopic (exact) mass is 391 g/mol. The highest BCUT2D eigenvalue weighted by molar-refractivity contribution is 7.99. The quantitative estimate of drug-likeness (QED) is 0.460. The summed E-state index contributed by atoms with van der Waals surface area (Å²) in [6.07, 6.45) is -0.437. The minimum atomic E-state index is -0.437. The Morgan fingerprint density at radius 2 is 1.29 bits per heavy atom. The lowest BCUT2D eigenvalue weighted by Crippen LogP contribution is -2.34. The van der Waals surface area contributed by atoms with Crippen LogP contribution in [0.2, 0.25) is 0 Å². The summed E-state index contributed by atoms with van der Waals surface area (Å²) in [6.45, 7) is 6.86. The van der Waals surface area contributed by atoms with E-state index in [0.29, 0.717) is 6.54 Å². The lowest BCUT2D eigenvalue weighted by molar-refractivity contribution is 0.116. The van der Waals surface area contributed by atoms with Crippen LogP contribution in [0.25, 0.3) is 11.1 Å². The van der Waals surface area contributed by atoms with Gasteiger partial charge in [0.2, 0.25) is 0 Å². The summed E-state index contributed by atoms with van der Waals surface area (Å²) in [5, 5.41) is 11.1. The first-order valence-corrected chi connectivity index (χ1v) is 10.9. The van der Waals surface area contributed by atoms with Gasteiger partial charge in [0.05, 0.1) is 11.4 Å². The molecule has 0 radical (unpaired) electrons. The maximum absolute atomic E-state index is 11.1. The van der Waals surface area contributed by atoms with E-state index in [1.165, 1.54) is 16.0 Å². The number of nitrogens with zero attached hydrogens (tertiary/aromatic N) is 1. The van der Waals surface area contributed by atoms with Crippen molar-refractivity contribution in [2.24, 2.45) is 0 Å². The van der Waals surface area contributed by atoms with Gasteiger partial charge in [0.15, 0.2) is 0 Å². The fraction of sp³-hybridized carbons (Fsp3) is 0.280. The zero-order valence-corrected chi connectivity index (χ0v) is 17.5. The maximum atomic E-state index is 11.1. The minimum absolute atomic E-state index is 0.00665. The molecule has 1 N–H and O–H groups in total. The van der Waals surface area contributed by atoms with Crippen molar-refractivity contribution in [3.63, 3.8) is 0 Å². The number of aliphatic hydroxyl groups excluding tert-OH is 1. The van der Waals surface area contributed by atoms with Crippen LogP contribution in [0.1, 0.15) is 24.7 Å². The Kier molecular flexibility index (Phi) is 7.72.